The number of carbonyl (C=O) groups is 1. The lowest BCUT2D eigenvalue weighted by Crippen LogP contribution is -2.23. The van der Waals surface area contributed by atoms with Gasteiger partial charge in [-0.25, -0.2) is 9.37 Å². The Kier molecular flexibility index (Phi) is 5.23. The van der Waals surface area contributed by atoms with Crippen LogP contribution in [0, 0.1) is 5.82 Å². The molecule has 28 heavy (non-hydrogen) atoms. The van der Waals surface area contributed by atoms with Gasteiger partial charge in [0.2, 0.25) is 5.89 Å². The number of thiophene rings is 1. The van der Waals surface area contributed by atoms with Crippen LogP contribution in [-0.2, 0) is 6.54 Å². The lowest BCUT2D eigenvalue weighted by molar-refractivity contribution is 0.0951. The Bertz CT molecular complexity index is 1120. The number of nitrogens with one attached hydrogen (secondary N) is 1. The van der Waals surface area contributed by atoms with Gasteiger partial charge in [0.1, 0.15) is 5.82 Å². The Balaban J connectivity index is 1.57. The maximum absolute atomic E-state index is 13.1. The summed E-state index contributed by atoms with van der Waals surface area (Å²) in [5.74, 6) is 0.266. The first-order valence-corrected chi connectivity index (χ1v) is 9.63. The quantitative estimate of drug-likeness (QED) is 0.451. The van der Waals surface area contributed by atoms with Crippen LogP contribution in [0.4, 0.5) is 4.39 Å². The van der Waals surface area contributed by atoms with Crippen LogP contribution in [0.5, 0.6) is 0 Å². The van der Waals surface area contributed by atoms with Gasteiger partial charge in [-0.3, -0.25) is 4.79 Å². The van der Waals surface area contributed by atoms with Crippen molar-refractivity contribution in [2.45, 2.75) is 6.54 Å². The number of oxazole rings is 1. The van der Waals surface area contributed by atoms with Crippen molar-refractivity contribution in [2.24, 2.45) is 0 Å². The topological polar surface area (TPSA) is 55.1 Å². The van der Waals surface area contributed by atoms with Crippen LogP contribution in [0.15, 0.2) is 71.3 Å². The van der Waals surface area contributed by atoms with Crippen molar-refractivity contribution in [2.75, 3.05) is 0 Å². The van der Waals surface area contributed by atoms with Gasteiger partial charge in [0.05, 0.1) is 22.6 Å². The summed E-state index contributed by atoms with van der Waals surface area (Å²) < 4.78 is 19.6. The molecule has 0 radical (unpaired) electrons. The number of hydrogen-bond acceptors (Lipinski definition) is 4. The predicted octanol–water partition coefficient (Wildman–Crippen LogP) is 5.79. The molecule has 2 aromatic carbocycles. The van der Waals surface area contributed by atoms with E-state index < -0.39 is 0 Å². The number of nitrogens with zero attached hydrogens (tertiary/aromatic N) is 1. The summed E-state index contributed by atoms with van der Waals surface area (Å²) in [6, 6.07) is 16.7. The summed E-state index contributed by atoms with van der Waals surface area (Å²) in [7, 11) is 0. The molecule has 7 heteroatoms. The normalized spacial score (nSPS) is 10.8. The van der Waals surface area contributed by atoms with Gasteiger partial charge < -0.3 is 9.73 Å². The van der Waals surface area contributed by atoms with Crippen LogP contribution >= 0.6 is 22.9 Å². The van der Waals surface area contributed by atoms with E-state index in [4.69, 9.17) is 16.0 Å². The smallest absolute Gasteiger partial charge is 0.252 e. The molecule has 1 amide bonds. The summed E-state index contributed by atoms with van der Waals surface area (Å²) in [5.41, 5.74) is 1.74. The van der Waals surface area contributed by atoms with Crippen molar-refractivity contribution in [3.8, 4) is 22.8 Å². The van der Waals surface area contributed by atoms with Crippen LogP contribution in [-0.4, -0.2) is 10.9 Å². The van der Waals surface area contributed by atoms with Gasteiger partial charge in [0.25, 0.3) is 5.91 Å². The lowest BCUT2D eigenvalue weighted by atomic mass is 10.1. The minimum Gasteiger partial charge on any atom is -0.436 e. The molecule has 0 saturated carbocycles. The molecular weight excluding hydrogens is 399 g/mol. The molecule has 0 unspecified atom stereocenters. The molecular formula is C21H14ClFN2O2S. The fourth-order valence-electron chi connectivity index (χ4n) is 2.72. The lowest BCUT2D eigenvalue weighted by Gasteiger charge is -2.07. The molecule has 0 atom stereocenters. The highest BCUT2D eigenvalue weighted by molar-refractivity contribution is 7.16. The highest BCUT2D eigenvalue weighted by Crippen LogP contribution is 2.28. The average molecular weight is 413 g/mol. The molecule has 140 valence electrons. The first-order chi connectivity index (χ1) is 13.6. The zero-order valence-electron chi connectivity index (χ0n) is 14.5. The van der Waals surface area contributed by atoms with E-state index in [9.17, 15) is 9.18 Å². The van der Waals surface area contributed by atoms with Gasteiger partial charge in [-0.15, -0.1) is 11.3 Å². The monoisotopic (exact) mass is 412 g/mol. The Labute approximate surface area is 169 Å². The molecule has 0 aliphatic rings. The Morgan fingerprint density at radius 2 is 1.89 bits per heavy atom. The minimum absolute atomic E-state index is 0.235. The molecule has 2 aromatic heterocycles. The first kappa shape index (κ1) is 18.4. The van der Waals surface area contributed by atoms with Gasteiger partial charge in [0.15, 0.2) is 5.76 Å². The fourth-order valence-corrected chi connectivity index (χ4v) is 3.75. The maximum Gasteiger partial charge on any atom is 0.252 e. The third kappa shape index (κ3) is 3.98. The molecule has 0 fully saturated rings. The second-order valence-electron chi connectivity index (χ2n) is 5.97. The van der Waals surface area contributed by atoms with Gasteiger partial charge in [-0.1, -0.05) is 23.7 Å². The molecule has 0 bridgehead atoms. The van der Waals surface area contributed by atoms with E-state index in [-0.39, 0.29) is 11.7 Å². The molecule has 2 heterocycles. The van der Waals surface area contributed by atoms with Crippen molar-refractivity contribution >= 4 is 28.8 Å². The van der Waals surface area contributed by atoms with E-state index in [0.29, 0.717) is 39.2 Å². The number of carbonyl (C=O) groups excluding carboxylic acids is 1. The minimum atomic E-state index is -0.322. The second-order valence-corrected chi connectivity index (χ2v) is 7.77. The van der Waals surface area contributed by atoms with Crippen LogP contribution in [0.25, 0.3) is 22.8 Å². The molecule has 0 aliphatic carbocycles. The first-order valence-electron chi connectivity index (χ1n) is 8.44. The van der Waals surface area contributed by atoms with Crippen molar-refractivity contribution < 1.29 is 13.6 Å². The van der Waals surface area contributed by atoms with Crippen molar-refractivity contribution in [1.29, 1.82) is 0 Å². The summed E-state index contributed by atoms with van der Waals surface area (Å²) in [5, 5.41) is 2.89. The SMILES string of the molecule is O=C(NCc1ccc(Cl)s1)c1ccccc1-c1ncc(-c2ccc(F)cc2)o1. The fraction of sp³-hybridized carbons (Fsp3) is 0.0476. The summed E-state index contributed by atoms with van der Waals surface area (Å²) in [4.78, 5) is 17.9. The molecule has 4 nitrogen and oxygen atoms in total. The van der Waals surface area contributed by atoms with Crippen molar-refractivity contribution in [1.82, 2.24) is 10.3 Å². The van der Waals surface area contributed by atoms with E-state index in [1.807, 2.05) is 12.1 Å². The number of hydrogen-bond donors (Lipinski definition) is 1. The Morgan fingerprint density at radius 1 is 1.11 bits per heavy atom. The highest BCUT2D eigenvalue weighted by Gasteiger charge is 2.17. The van der Waals surface area contributed by atoms with Crippen molar-refractivity contribution in [3.63, 3.8) is 0 Å². The highest BCUT2D eigenvalue weighted by atomic mass is 35.5. The van der Waals surface area contributed by atoms with E-state index in [1.165, 1.54) is 23.5 Å². The Hall–Kier alpha value is -2.96. The van der Waals surface area contributed by atoms with Crippen LogP contribution in [0.1, 0.15) is 15.2 Å². The van der Waals surface area contributed by atoms with Gasteiger partial charge in [-0.2, -0.15) is 0 Å². The molecule has 0 spiro atoms. The number of benzene rings is 2. The largest absolute Gasteiger partial charge is 0.436 e. The van der Waals surface area contributed by atoms with E-state index in [2.05, 4.69) is 10.3 Å². The van der Waals surface area contributed by atoms with Gasteiger partial charge in [0, 0.05) is 16.0 Å². The average Bonchev–Trinajstić information content (AvgIpc) is 3.36. The number of rotatable bonds is 5. The molecule has 1 N–H and O–H groups in total. The van der Waals surface area contributed by atoms with Crippen LogP contribution < -0.4 is 5.32 Å². The molecule has 0 saturated heterocycles. The van der Waals surface area contributed by atoms with E-state index in [0.717, 1.165) is 4.88 Å². The Morgan fingerprint density at radius 3 is 2.64 bits per heavy atom. The molecule has 4 rings (SSSR count). The zero-order valence-corrected chi connectivity index (χ0v) is 16.1. The third-order valence-electron chi connectivity index (χ3n) is 4.09. The predicted molar refractivity (Wildman–Crippen MR) is 108 cm³/mol. The maximum atomic E-state index is 13.1. The van der Waals surface area contributed by atoms with Gasteiger partial charge in [-0.05, 0) is 48.5 Å². The molecule has 0 aliphatic heterocycles. The number of halogens is 2. The molecule has 4 aromatic rings. The summed E-state index contributed by atoms with van der Waals surface area (Å²) in [6.45, 7) is 0.386. The number of aromatic nitrogens is 1. The van der Waals surface area contributed by atoms with E-state index >= 15 is 0 Å². The van der Waals surface area contributed by atoms with Crippen LogP contribution in [0.2, 0.25) is 4.34 Å². The third-order valence-corrected chi connectivity index (χ3v) is 5.32. The summed E-state index contributed by atoms with van der Waals surface area (Å²) >= 11 is 7.34. The van der Waals surface area contributed by atoms with Crippen LogP contribution in [0.3, 0.4) is 0 Å². The van der Waals surface area contributed by atoms with E-state index in [1.54, 1.807) is 42.6 Å². The second kappa shape index (κ2) is 7.96. The zero-order chi connectivity index (χ0) is 19.5. The summed E-state index contributed by atoms with van der Waals surface area (Å²) in [6.07, 6.45) is 1.56. The van der Waals surface area contributed by atoms with Gasteiger partial charge >= 0.3 is 0 Å². The standard InChI is InChI=1S/C21H14ClFN2O2S/c22-19-10-9-15(28-19)11-24-20(26)16-3-1-2-4-17(16)21-25-12-18(27-21)13-5-7-14(23)8-6-13/h1-10,12H,11H2,(H,24,26). The number of amides is 1. The van der Waals surface area contributed by atoms with Crippen molar-refractivity contribution in [3.05, 3.63) is 87.5 Å².